The number of rotatable bonds is 3. The van der Waals surface area contributed by atoms with E-state index in [9.17, 15) is 5.11 Å². The number of thiazole rings is 1. The van der Waals surface area contributed by atoms with Gasteiger partial charge in [0, 0.05) is 27.0 Å². The maximum Gasteiger partial charge on any atom is 0.0957 e. The highest BCUT2D eigenvalue weighted by molar-refractivity contribution is 9.10. The second kappa shape index (κ2) is 5.48. The molecule has 0 aliphatic carbocycles. The van der Waals surface area contributed by atoms with Crippen molar-refractivity contribution in [3.63, 3.8) is 0 Å². The first-order chi connectivity index (χ1) is 8.06. The average Bonchev–Trinajstić information content (AvgIpc) is 2.63. The van der Waals surface area contributed by atoms with Crippen molar-refractivity contribution in [2.75, 3.05) is 0 Å². The fourth-order valence-electron chi connectivity index (χ4n) is 1.54. The average molecular weight is 333 g/mol. The molecular weight excluding hydrogens is 322 g/mol. The van der Waals surface area contributed by atoms with Crippen molar-refractivity contribution in [2.24, 2.45) is 0 Å². The molecule has 2 rings (SSSR count). The van der Waals surface area contributed by atoms with E-state index in [2.05, 4.69) is 20.9 Å². The SMILES string of the molecule is Cc1csc(CC(O)c2ccc(Cl)cc2Br)n1. The summed E-state index contributed by atoms with van der Waals surface area (Å²) in [6.07, 6.45) is -0.0363. The molecule has 0 aliphatic heterocycles. The summed E-state index contributed by atoms with van der Waals surface area (Å²) in [5, 5.41) is 13.7. The highest BCUT2D eigenvalue weighted by atomic mass is 79.9. The van der Waals surface area contributed by atoms with E-state index in [4.69, 9.17) is 11.6 Å². The Labute approximate surface area is 117 Å². The molecule has 0 spiro atoms. The number of hydrogen-bond donors (Lipinski definition) is 1. The summed E-state index contributed by atoms with van der Waals surface area (Å²) in [7, 11) is 0. The Morgan fingerprint density at radius 1 is 1.53 bits per heavy atom. The first-order valence-electron chi connectivity index (χ1n) is 5.10. The molecule has 0 amide bonds. The minimum atomic E-state index is -0.563. The Hall–Kier alpha value is -0.420. The quantitative estimate of drug-likeness (QED) is 0.916. The van der Waals surface area contributed by atoms with Crippen LogP contribution < -0.4 is 0 Å². The molecule has 0 aliphatic rings. The lowest BCUT2D eigenvalue weighted by Crippen LogP contribution is -2.02. The molecule has 5 heteroatoms. The Balaban J connectivity index is 2.17. The first kappa shape index (κ1) is 13.0. The Kier molecular flexibility index (Phi) is 4.20. The van der Waals surface area contributed by atoms with Gasteiger partial charge in [0.15, 0.2) is 0 Å². The van der Waals surface area contributed by atoms with Gasteiger partial charge in [0.25, 0.3) is 0 Å². The van der Waals surface area contributed by atoms with Crippen LogP contribution in [0.1, 0.15) is 22.4 Å². The predicted molar refractivity (Wildman–Crippen MR) is 74.7 cm³/mol. The lowest BCUT2D eigenvalue weighted by atomic mass is 10.1. The monoisotopic (exact) mass is 331 g/mol. The number of aromatic nitrogens is 1. The fourth-order valence-corrected chi connectivity index (χ4v) is 3.30. The van der Waals surface area contributed by atoms with Crippen molar-refractivity contribution >= 4 is 38.9 Å². The zero-order valence-corrected chi connectivity index (χ0v) is 12.3. The number of aliphatic hydroxyl groups excluding tert-OH is 1. The van der Waals surface area contributed by atoms with E-state index in [0.717, 1.165) is 20.7 Å². The van der Waals surface area contributed by atoms with Crippen LogP contribution in [0.4, 0.5) is 0 Å². The molecule has 0 radical (unpaired) electrons. The van der Waals surface area contributed by atoms with Crippen LogP contribution in [0, 0.1) is 6.92 Å². The van der Waals surface area contributed by atoms with Crippen LogP contribution in [-0.4, -0.2) is 10.1 Å². The maximum absolute atomic E-state index is 10.1. The third kappa shape index (κ3) is 3.28. The van der Waals surface area contributed by atoms with Crippen LogP contribution in [0.15, 0.2) is 28.1 Å². The standard InChI is InChI=1S/C12H11BrClNOS/c1-7-6-17-12(15-7)5-11(16)9-3-2-8(14)4-10(9)13/h2-4,6,11,16H,5H2,1H3. The van der Waals surface area contributed by atoms with Crippen molar-refractivity contribution in [1.82, 2.24) is 4.98 Å². The molecular formula is C12H11BrClNOS. The van der Waals surface area contributed by atoms with Crippen molar-refractivity contribution in [1.29, 1.82) is 0 Å². The highest BCUT2D eigenvalue weighted by Gasteiger charge is 2.14. The van der Waals surface area contributed by atoms with Crippen molar-refractivity contribution < 1.29 is 5.11 Å². The van der Waals surface area contributed by atoms with Gasteiger partial charge in [-0.3, -0.25) is 0 Å². The van der Waals surface area contributed by atoms with E-state index in [1.807, 2.05) is 18.4 Å². The number of halogens is 2. The third-order valence-corrected chi connectivity index (χ3v) is 4.27. The minimum Gasteiger partial charge on any atom is -0.388 e. The van der Waals surface area contributed by atoms with Crippen molar-refractivity contribution in [3.8, 4) is 0 Å². The molecule has 0 bridgehead atoms. The number of benzene rings is 1. The van der Waals surface area contributed by atoms with Crippen LogP contribution in [0.3, 0.4) is 0 Å². The van der Waals surface area contributed by atoms with Crippen molar-refractivity contribution in [2.45, 2.75) is 19.4 Å². The van der Waals surface area contributed by atoms with Gasteiger partial charge in [-0.15, -0.1) is 11.3 Å². The number of aryl methyl sites for hydroxylation is 1. The van der Waals surface area contributed by atoms with Gasteiger partial charge in [-0.25, -0.2) is 4.98 Å². The minimum absolute atomic E-state index is 0.527. The normalized spacial score (nSPS) is 12.7. The molecule has 1 heterocycles. The van der Waals surface area contributed by atoms with E-state index in [1.54, 1.807) is 23.5 Å². The van der Waals surface area contributed by atoms with Gasteiger partial charge in [0.2, 0.25) is 0 Å². The second-order valence-corrected chi connectivity index (χ2v) is 6.00. The third-order valence-electron chi connectivity index (χ3n) is 2.36. The summed E-state index contributed by atoms with van der Waals surface area (Å²) in [6.45, 7) is 1.95. The predicted octanol–water partition coefficient (Wildman–Crippen LogP) is 4.14. The van der Waals surface area contributed by atoms with E-state index in [-0.39, 0.29) is 0 Å². The zero-order valence-electron chi connectivity index (χ0n) is 9.15. The van der Waals surface area contributed by atoms with Crippen LogP contribution in [0.2, 0.25) is 5.02 Å². The van der Waals surface area contributed by atoms with E-state index in [1.165, 1.54) is 0 Å². The van der Waals surface area contributed by atoms with Crippen LogP contribution >= 0.6 is 38.9 Å². The van der Waals surface area contributed by atoms with Gasteiger partial charge in [0.1, 0.15) is 0 Å². The molecule has 1 aromatic carbocycles. The summed E-state index contributed by atoms with van der Waals surface area (Å²) in [4.78, 5) is 4.34. The van der Waals surface area contributed by atoms with Gasteiger partial charge >= 0.3 is 0 Å². The molecule has 0 fully saturated rings. The molecule has 0 saturated carbocycles. The lowest BCUT2D eigenvalue weighted by molar-refractivity contribution is 0.177. The molecule has 2 aromatic rings. The summed E-state index contributed by atoms with van der Waals surface area (Å²) < 4.78 is 0.825. The summed E-state index contributed by atoms with van der Waals surface area (Å²) in [5.41, 5.74) is 1.83. The molecule has 90 valence electrons. The van der Waals surface area contributed by atoms with Crippen molar-refractivity contribution in [3.05, 3.63) is 49.3 Å². The number of aliphatic hydroxyl groups is 1. The summed E-state index contributed by atoms with van der Waals surface area (Å²) in [5.74, 6) is 0. The molecule has 0 saturated heterocycles. The Morgan fingerprint density at radius 3 is 2.88 bits per heavy atom. The van der Waals surface area contributed by atoms with E-state index < -0.39 is 6.10 Å². The van der Waals surface area contributed by atoms with E-state index >= 15 is 0 Å². The second-order valence-electron chi connectivity index (χ2n) is 3.77. The fraction of sp³-hybridized carbons (Fsp3) is 0.250. The number of nitrogens with zero attached hydrogens (tertiary/aromatic N) is 1. The van der Waals surface area contributed by atoms with Gasteiger partial charge in [-0.2, -0.15) is 0 Å². The van der Waals surface area contributed by atoms with Crippen LogP contribution in [0.25, 0.3) is 0 Å². The number of hydrogen-bond acceptors (Lipinski definition) is 3. The first-order valence-corrected chi connectivity index (χ1v) is 7.15. The maximum atomic E-state index is 10.1. The van der Waals surface area contributed by atoms with Gasteiger partial charge in [-0.05, 0) is 24.6 Å². The van der Waals surface area contributed by atoms with Gasteiger partial charge < -0.3 is 5.11 Å². The molecule has 1 N–H and O–H groups in total. The Morgan fingerprint density at radius 2 is 2.29 bits per heavy atom. The van der Waals surface area contributed by atoms with Gasteiger partial charge in [-0.1, -0.05) is 33.6 Å². The summed E-state index contributed by atoms with van der Waals surface area (Å²) >= 11 is 10.8. The highest BCUT2D eigenvalue weighted by Crippen LogP contribution is 2.29. The molecule has 1 aromatic heterocycles. The molecule has 1 unspecified atom stereocenters. The van der Waals surface area contributed by atoms with Crippen LogP contribution in [-0.2, 0) is 6.42 Å². The largest absolute Gasteiger partial charge is 0.388 e. The van der Waals surface area contributed by atoms with E-state index in [0.29, 0.717) is 11.4 Å². The molecule has 17 heavy (non-hydrogen) atoms. The Bertz CT molecular complexity index is 529. The lowest BCUT2D eigenvalue weighted by Gasteiger charge is -2.11. The topological polar surface area (TPSA) is 33.1 Å². The smallest absolute Gasteiger partial charge is 0.0957 e. The van der Waals surface area contributed by atoms with Gasteiger partial charge in [0.05, 0.1) is 11.1 Å². The zero-order chi connectivity index (χ0) is 12.4. The summed E-state index contributed by atoms with van der Waals surface area (Å²) in [6, 6.07) is 5.39. The molecule has 1 atom stereocenters. The van der Waals surface area contributed by atoms with Crippen LogP contribution in [0.5, 0.6) is 0 Å². The molecule has 2 nitrogen and oxygen atoms in total.